The number of hydrogen-bond donors (Lipinski definition) is 0. The molecule has 32 heavy (non-hydrogen) atoms. The Bertz CT molecular complexity index is 1130. The number of imide groups is 1. The van der Waals surface area contributed by atoms with Gasteiger partial charge in [0.1, 0.15) is 11.7 Å². The number of amides is 2. The van der Waals surface area contributed by atoms with Crippen molar-refractivity contribution in [2.75, 3.05) is 16.6 Å². The Morgan fingerprint density at radius 3 is 2.22 bits per heavy atom. The van der Waals surface area contributed by atoms with Gasteiger partial charge in [0.15, 0.2) is 6.10 Å². The van der Waals surface area contributed by atoms with Crippen molar-refractivity contribution < 1.29 is 19.2 Å². The molecule has 6 nitrogen and oxygen atoms in total. The molecule has 0 aliphatic carbocycles. The molecule has 0 spiro atoms. The number of carbonyl (C=O) groups is 2. The minimum Gasteiger partial charge on any atom is -0.494 e. The van der Waals surface area contributed by atoms with Crippen LogP contribution in [0.1, 0.15) is 18.5 Å². The number of carbonyl (C=O) groups excluding carboxylic acids is 2. The number of anilines is 2. The van der Waals surface area contributed by atoms with Gasteiger partial charge in [0.25, 0.3) is 5.91 Å². The molecule has 2 fully saturated rings. The molecule has 2 amide bonds. The molecule has 162 valence electrons. The topological polar surface area (TPSA) is 59.1 Å². The van der Waals surface area contributed by atoms with Crippen LogP contribution in [0.2, 0.25) is 5.02 Å². The largest absolute Gasteiger partial charge is 0.494 e. The standard InChI is InChI=1S/C25H21ClN2O4/c1-2-31-20-14-8-16(9-15-20)22-21-23(32-28(22)19-6-4-3-5-7-19)25(30)27(24(21)29)18-12-10-17(26)11-13-18/h3-15,21-23H,2H2,1H3/t21-,22-,23-/m0/s1. The Morgan fingerprint density at radius 2 is 1.56 bits per heavy atom. The Kier molecular flexibility index (Phi) is 5.33. The van der Waals surface area contributed by atoms with Crippen LogP contribution in [0, 0.1) is 5.92 Å². The summed E-state index contributed by atoms with van der Waals surface area (Å²) in [5.41, 5.74) is 2.13. The van der Waals surface area contributed by atoms with Crippen LogP contribution in [0.4, 0.5) is 11.4 Å². The molecule has 2 aliphatic rings. The van der Waals surface area contributed by atoms with E-state index < -0.39 is 18.1 Å². The molecular weight excluding hydrogens is 428 g/mol. The van der Waals surface area contributed by atoms with Gasteiger partial charge in [-0.2, -0.15) is 0 Å². The third-order valence-corrected chi connectivity index (χ3v) is 6.00. The molecule has 3 aromatic carbocycles. The van der Waals surface area contributed by atoms with Crippen molar-refractivity contribution in [3.8, 4) is 5.75 Å². The van der Waals surface area contributed by atoms with E-state index in [1.807, 2.05) is 61.5 Å². The molecule has 0 aromatic heterocycles. The zero-order chi connectivity index (χ0) is 22.2. The van der Waals surface area contributed by atoms with Crippen molar-refractivity contribution in [2.24, 2.45) is 5.92 Å². The lowest BCUT2D eigenvalue weighted by molar-refractivity contribution is -0.126. The third kappa shape index (κ3) is 3.42. The van der Waals surface area contributed by atoms with Crippen LogP contribution in [-0.4, -0.2) is 24.5 Å². The Labute approximate surface area is 190 Å². The van der Waals surface area contributed by atoms with Gasteiger partial charge in [-0.1, -0.05) is 41.9 Å². The van der Waals surface area contributed by atoms with Gasteiger partial charge in [-0.15, -0.1) is 0 Å². The van der Waals surface area contributed by atoms with Crippen LogP contribution < -0.4 is 14.7 Å². The Hall–Kier alpha value is -3.35. The molecule has 2 saturated heterocycles. The van der Waals surface area contributed by atoms with Gasteiger partial charge in [-0.3, -0.25) is 14.4 Å². The normalized spacial score (nSPS) is 22.4. The number of para-hydroxylation sites is 1. The molecule has 0 bridgehead atoms. The molecule has 2 aliphatic heterocycles. The second-order valence-electron chi connectivity index (χ2n) is 7.65. The van der Waals surface area contributed by atoms with E-state index in [4.69, 9.17) is 21.2 Å². The van der Waals surface area contributed by atoms with Crippen LogP contribution in [0.25, 0.3) is 0 Å². The van der Waals surface area contributed by atoms with Crippen molar-refractivity contribution >= 4 is 34.8 Å². The van der Waals surface area contributed by atoms with E-state index in [2.05, 4.69) is 0 Å². The Balaban J connectivity index is 1.55. The smallest absolute Gasteiger partial charge is 0.266 e. The van der Waals surface area contributed by atoms with Gasteiger partial charge in [-0.25, -0.2) is 9.96 Å². The summed E-state index contributed by atoms with van der Waals surface area (Å²) in [7, 11) is 0. The summed E-state index contributed by atoms with van der Waals surface area (Å²) in [6.07, 6.45) is -0.907. The van der Waals surface area contributed by atoms with Crippen LogP contribution in [0.15, 0.2) is 78.9 Å². The van der Waals surface area contributed by atoms with Crippen LogP contribution in [0.5, 0.6) is 5.75 Å². The maximum absolute atomic E-state index is 13.6. The first-order chi connectivity index (χ1) is 15.6. The fourth-order valence-corrected chi connectivity index (χ4v) is 4.45. The van der Waals surface area contributed by atoms with Gasteiger partial charge in [0.05, 0.1) is 24.0 Å². The zero-order valence-corrected chi connectivity index (χ0v) is 18.1. The average molecular weight is 449 g/mol. The number of fused-ring (bicyclic) bond motifs is 1. The molecule has 0 N–H and O–H groups in total. The highest BCUT2D eigenvalue weighted by Crippen LogP contribution is 2.47. The first-order valence-corrected chi connectivity index (χ1v) is 10.8. The van der Waals surface area contributed by atoms with E-state index in [9.17, 15) is 9.59 Å². The minimum atomic E-state index is -0.907. The number of hydroxylamine groups is 1. The summed E-state index contributed by atoms with van der Waals surface area (Å²) in [5, 5.41) is 2.21. The van der Waals surface area contributed by atoms with Crippen LogP contribution >= 0.6 is 11.6 Å². The molecule has 3 aromatic rings. The average Bonchev–Trinajstić information content (AvgIpc) is 3.32. The van der Waals surface area contributed by atoms with Gasteiger partial charge >= 0.3 is 0 Å². The minimum absolute atomic E-state index is 0.292. The summed E-state index contributed by atoms with van der Waals surface area (Å²) in [6.45, 7) is 2.49. The fraction of sp³-hybridized carbons (Fsp3) is 0.200. The van der Waals surface area contributed by atoms with Gasteiger partial charge in [0, 0.05) is 5.02 Å². The highest BCUT2D eigenvalue weighted by molar-refractivity contribution is 6.31. The van der Waals surface area contributed by atoms with Crippen molar-refractivity contribution in [1.82, 2.24) is 0 Å². The van der Waals surface area contributed by atoms with Crippen LogP contribution in [0.3, 0.4) is 0 Å². The summed E-state index contributed by atoms with van der Waals surface area (Å²) in [4.78, 5) is 34.2. The van der Waals surface area contributed by atoms with E-state index in [1.54, 1.807) is 29.3 Å². The van der Waals surface area contributed by atoms with Crippen molar-refractivity contribution in [2.45, 2.75) is 19.1 Å². The lowest BCUT2D eigenvalue weighted by Crippen LogP contribution is -2.37. The molecule has 3 atom stereocenters. The SMILES string of the molecule is CCOc1ccc([C@H]2[C@@H]3C(=O)N(c4ccc(Cl)cc4)C(=O)[C@H]3ON2c2ccccc2)cc1. The molecular formula is C25H21ClN2O4. The highest BCUT2D eigenvalue weighted by atomic mass is 35.5. The van der Waals surface area contributed by atoms with Gasteiger partial charge in [0.2, 0.25) is 5.91 Å². The Morgan fingerprint density at radius 1 is 0.875 bits per heavy atom. The third-order valence-electron chi connectivity index (χ3n) is 5.74. The van der Waals surface area contributed by atoms with Crippen molar-refractivity contribution in [3.05, 3.63) is 89.4 Å². The van der Waals surface area contributed by atoms with Crippen molar-refractivity contribution in [1.29, 1.82) is 0 Å². The highest BCUT2D eigenvalue weighted by Gasteiger charge is 2.60. The number of rotatable bonds is 5. The van der Waals surface area contributed by atoms with E-state index >= 15 is 0 Å². The zero-order valence-electron chi connectivity index (χ0n) is 17.4. The number of hydrogen-bond acceptors (Lipinski definition) is 5. The quantitative estimate of drug-likeness (QED) is 0.525. The second-order valence-corrected chi connectivity index (χ2v) is 8.08. The maximum atomic E-state index is 13.6. The van der Waals surface area contributed by atoms with Crippen LogP contribution in [-0.2, 0) is 14.4 Å². The van der Waals surface area contributed by atoms with Crippen molar-refractivity contribution in [3.63, 3.8) is 0 Å². The predicted molar refractivity (Wildman–Crippen MR) is 122 cm³/mol. The lowest BCUT2D eigenvalue weighted by atomic mass is 9.90. The maximum Gasteiger partial charge on any atom is 0.266 e. The number of nitrogens with zero attached hydrogens (tertiary/aromatic N) is 2. The first-order valence-electron chi connectivity index (χ1n) is 10.5. The molecule has 0 unspecified atom stereocenters. The van der Waals surface area contributed by atoms with Gasteiger partial charge < -0.3 is 4.74 Å². The number of halogens is 1. The number of benzene rings is 3. The van der Waals surface area contributed by atoms with Gasteiger partial charge in [-0.05, 0) is 61.0 Å². The summed E-state index contributed by atoms with van der Waals surface area (Å²) >= 11 is 5.98. The summed E-state index contributed by atoms with van der Waals surface area (Å²) < 4.78 is 5.56. The fourth-order valence-electron chi connectivity index (χ4n) is 4.32. The predicted octanol–water partition coefficient (Wildman–Crippen LogP) is 4.79. The van der Waals surface area contributed by atoms with E-state index in [-0.39, 0.29) is 11.8 Å². The van der Waals surface area contributed by atoms with E-state index in [0.29, 0.717) is 17.3 Å². The summed E-state index contributed by atoms with van der Waals surface area (Å²) in [6, 6.07) is 23.2. The molecule has 0 saturated carbocycles. The number of ether oxygens (including phenoxy) is 1. The van der Waals surface area contributed by atoms with E-state index in [0.717, 1.165) is 17.0 Å². The second kappa shape index (κ2) is 8.30. The van der Waals surface area contributed by atoms with E-state index in [1.165, 1.54) is 4.90 Å². The molecule has 0 radical (unpaired) electrons. The lowest BCUT2D eigenvalue weighted by Gasteiger charge is -2.28. The molecule has 7 heteroatoms. The summed E-state index contributed by atoms with van der Waals surface area (Å²) in [5.74, 6) is -0.609. The molecule has 5 rings (SSSR count). The monoisotopic (exact) mass is 448 g/mol. The first kappa shape index (κ1) is 20.5. The molecule has 2 heterocycles.